The minimum absolute atomic E-state index is 0.217. The summed E-state index contributed by atoms with van der Waals surface area (Å²) in [7, 11) is 0. The van der Waals surface area contributed by atoms with Crippen LogP contribution in [0.3, 0.4) is 0 Å². The molecule has 0 spiro atoms. The number of likely N-dealkylation sites (tertiary alicyclic amines) is 1. The summed E-state index contributed by atoms with van der Waals surface area (Å²) in [6.07, 6.45) is 6.22. The Morgan fingerprint density at radius 1 is 0.881 bits per heavy atom. The Kier molecular flexibility index (Phi) is 17.4. The van der Waals surface area contributed by atoms with Gasteiger partial charge in [0.2, 0.25) is 17.7 Å². The average molecular weight is 827 g/mol. The molecule has 0 saturated carbocycles. The van der Waals surface area contributed by atoms with Gasteiger partial charge in [-0.15, -0.1) is 0 Å². The van der Waals surface area contributed by atoms with Crippen molar-refractivity contribution in [2.24, 2.45) is 11.8 Å². The van der Waals surface area contributed by atoms with E-state index in [1.165, 1.54) is 5.06 Å². The summed E-state index contributed by atoms with van der Waals surface area (Å²) >= 11 is 0. The standard InChI is InChI=1S/C45H74N6O8/c1-30(2)26-33(48-41(56)59-43(6,7)8)23-22-32(27-31-18-14-13-15-19-31)39(54)50-25-17-21-36(50)38(53)49-35(20-16-24-46-40(55)58-42(3,4)5)37(52)47-34-28-44(9,10)51(57)45(11,12)29-34/h13-15,18-19,22-23,30,32-36,57H,16-17,20-21,24-29H2,1-12H3,(H,46,55)(H,47,52)(H,48,56)(H,49,53)/b23-22+/t32?,33?,35?,36-/m1/s1. The Balaban J connectivity index is 1.84. The van der Waals surface area contributed by atoms with Crippen LogP contribution in [-0.4, -0.2) is 105 Å². The summed E-state index contributed by atoms with van der Waals surface area (Å²) in [4.78, 5) is 69.5. The van der Waals surface area contributed by atoms with Gasteiger partial charge >= 0.3 is 12.2 Å². The first-order chi connectivity index (χ1) is 27.3. The molecule has 0 radical (unpaired) electrons. The molecule has 2 saturated heterocycles. The van der Waals surface area contributed by atoms with Crippen molar-refractivity contribution in [3.05, 3.63) is 48.0 Å². The predicted octanol–water partition coefficient (Wildman–Crippen LogP) is 6.65. The van der Waals surface area contributed by atoms with Crippen molar-refractivity contribution in [3.63, 3.8) is 0 Å². The minimum atomic E-state index is -0.949. The molecule has 332 valence electrons. The summed E-state index contributed by atoms with van der Waals surface area (Å²) < 4.78 is 10.9. The lowest BCUT2D eigenvalue weighted by Crippen LogP contribution is -2.64. The van der Waals surface area contributed by atoms with Gasteiger partial charge in [-0.25, -0.2) is 9.59 Å². The molecule has 2 heterocycles. The van der Waals surface area contributed by atoms with Crippen LogP contribution in [0.4, 0.5) is 9.59 Å². The van der Waals surface area contributed by atoms with Crippen molar-refractivity contribution in [2.75, 3.05) is 13.1 Å². The molecule has 0 aromatic heterocycles. The van der Waals surface area contributed by atoms with Gasteiger partial charge in [0.05, 0.1) is 12.0 Å². The first-order valence-corrected chi connectivity index (χ1v) is 21.4. The Hall–Kier alpha value is -4.17. The van der Waals surface area contributed by atoms with Gasteiger partial charge < -0.3 is 40.8 Å². The highest BCUT2D eigenvalue weighted by Crippen LogP contribution is 2.36. The van der Waals surface area contributed by atoms with Crippen LogP contribution in [0.1, 0.15) is 134 Å². The lowest BCUT2D eigenvalue weighted by molar-refractivity contribution is -0.246. The summed E-state index contributed by atoms with van der Waals surface area (Å²) in [5.74, 6) is -1.40. The van der Waals surface area contributed by atoms with Crippen molar-refractivity contribution < 1.29 is 38.7 Å². The molecule has 3 rings (SSSR count). The number of hydroxylamine groups is 2. The van der Waals surface area contributed by atoms with Gasteiger partial charge in [0, 0.05) is 30.2 Å². The van der Waals surface area contributed by atoms with Crippen LogP contribution in [0, 0.1) is 11.8 Å². The van der Waals surface area contributed by atoms with Crippen LogP contribution in [-0.2, 0) is 30.3 Å². The maximum Gasteiger partial charge on any atom is 0.408 e. The maximum absolute atomic E-state index is 14.5. The summed E-state index contributed by atoms with van der Waals surface area (Å²) in [5.41, 5.74) is -1.60. The van der Waals surface area contributed by atoms with E-state index in [1.807, 2.05) is 70.2 Å². The molecule has 4 atom stereocenters. The van der Waals surface area contributed by atoms with Gasteiger partial charge in [-0.2, -0.15) is 5.06 Å². The number of ether oxygens (including phenoxy) is 2. The van der Waals surface area contributed by atoms with Crippen LogP contribution in [0.25, 0.3) is 0 Å². The fourth-order valence-electron chi connectivity index (χ4n) is 8.06. The minimum Gasteiger partial charge on any atom is -0.444 e. The van der Waals surface area contributed by atoms with Crippen molar-refractivity contribution in [2.45, 2.75) is 181 Å². The highest BCUT2D eigenvalue weighted by atomic mass is 16.6. The zero-order chi connectivity index (χ0) is 44.3. The second-order valence-corrected chi connectivity index (χ2v) is 19.9. The molecule has 5 amide bonds. The molecular formula is C45H74N6O8. The molecule has 3 unspecified atom stereocenters. The normalized spacial score (nSPS) is 20.1. The van der Waals surface area contributed by atoms with E-state index in [9.17, 15) is 29.2 Å². The van der Waals surface area contributed by atoms with E-state index in [0.29, 0.717) is 51.5 Å². The molecule has 0 aliphatic carbocycles. The molecule has 5 N–H and O–H groups in total. The number of hydrogen-bond acceptors (Lipinski definition) is 9. The van der Waals surface area contributed by atoms with Crippen molar-refractivity contribution in [1.82, 2.24) is 31.2 Å². The summed E-state index contributed by atoms with van der Waals surface area (Å²) in [6.45, 7) is 23.1. The van der Waals surface area contributed by atoms with Crippen molar-refractivity contribution in [1.29, 1.82) is 0 Å². The Morgan fingerprint density at radius 3 is 2.05 bits per heavy atom. The van der Waals surface area contributed by atoms with E-state index in [-0.39, 0.29) is 36.7 Å². The molecule has 14 heteroatoms. The fraction of sp³-hybridized carbons (Fsp3) is 0.711. The third-order valence-corrected chi connectivity index (χ3v) is 10.4. The number of piperidine rings is 1. The van der Waals surface area contributed by atoms with E-state index in [2.05, 4.69) is 35.1 Å². The number of rotatable bonds is 16. The number of alkyl carbamates (subject to hydrolysis) is 2. The third kappa shape index (κ3) is 16.4. The highest BCUT2D eigenvalue weighted by molar-refractivity contribution is 5.93. The topological polar surface area (TPSA) is 179 Å². The molecule has 2 aliphatic heterocycles. The summed E-state index contributed by atoms with van der Waals surface area (Å²) in [5, 5.41) is 24.0. The lowest BCUT2D eigenvalue weighted by Gasteiger charge is -2.51. The highest BCUT2D eigenvalue weighted by Gasteiger charge is 2.46. The molecule has 59 heavy (non-hydrogen) atoms. The van der Waals surface area contributed by atoms with Gasteiger partial charge in [0.1, 0.15) is 23.3 Å². The number of nitrogens with one attached hydrogen (secondary N) is 4. The largest absolute Gasteiger partial charge is 0.444 e. The van der Waals surface area contributed by atoms with Crippen LogP contribution in [0.2, 0.25) is 0 Å². The molecule has 14 nitrogen and oxygen atoms in total. The molecule has 1 aromatic rings. The summed E-state index contributed by atoms with van der Waals surface area (Å²) in [6, 6.07) is 7.26. The van der Waals surface area contributed by atoms with Crippen LogP contribution in [0.15, 0.2) is 42.5 Å². The predicted molar refractivity (Wildman–Crippen MR) is 228 cm³/mol. The average Bonchev–Trinajstić information content (AvgIpc) is 3.58. The Bertz CT molecular complexity index is 1580. The van der Waals surface area contributed by atoms with E-state index >= 15 is 0 Å². The SMILES string of the molecule is CC(C)CC(/C=C/C(Cc1ccccc1)C(=O)N1CCC[C@@H]1C(=O)NC(CCCNC(=O)OC(C)(C)C)C(=O)NC1CC(C)(C)N(O)C(C)(C)C1)NC(=O)OC(C)(C)C. The molecule has 2 aliphatic rings. The van der Waals surface area contributed by atoms with Crippen LogP contribution >= 0.6 is 0 Å². The van der Waals surface area contributed by atoms with Gasteiger partial charge in [-0.3, -0.25) is 14.4 Å². The van der Waals surface area contributed by atoms with E-state index in [4.69, 9.17) is 9.47 Å². The maximum atomic E-state index is 14.5. The molecule has 2 fully saturated rings. The van der Waals surface area contributed by atoms with Crippen LogP contribution < -0.4 is 21.3 Å². The van der Waals surface area contributed by atoms with Gasteiger partial charge in [0.25, 0.3) is 0 Å². The third-order valence-electron chi connectivity index (χ3n) is 10.4. The number of carbonyl (C=O) groups excluding carboxylic acids is 5. The van der Waals surface area contributed by atoms with Gasteiger partial charge in [0.15, 0.2) is 0 Å². The smallest absolute Gasteiger partial charge is 0.408 e. The number of nitrogens with zero attached hydrogens (tertiary/aromatic N) is 2. The Labute approximate surface area is 352 Å². The van der Waals surface area contributed by atoms with Crippen LogP contribution in [0.5, 0.6) is 0 Å². The first kappa shape index (κ1) is 49.2. The van der Waals surface area contributed by atoms with Gasteiger partial charge in [-0.1, -0.05) is 56.3 Å². The zero-order valence-electron chi connectivity index (χ0n) is 37.8. The van der Waals surface area contributed by atoms with E-state index in [1.54, 1.807) is 46.4 Å². The number of carbonyl (C=O) groups is 5. The lowest BCUT2D eigenvalue weighted by atomic mass is 9.79. The van der Waals surface area contributed by atoms with Crippen molar-refractivity contribution >= 4 is 29.9 Å². The first-order valence-electron chi connectivity index (χ1n) is 21.4. The number of amides is 5. The molecule has 0 bridgehead atoms. The monoisotopic (exact) mass is 827 g/mol. The number of hydrogen-bond donors (Lipinski definition) is 5. The molecule has 1 aromatic carbocycles. The van der Waals surface area contributed by atoms with E-state index < -0.39 is 64.4 Å². The quantitative estimate of drug-likeness (QED) is 0.0902. The second-order valence-electron chi connectivity index (χ2n) is 19.9. The second kappa shape index (κ2) is 20.9. The Morgan fingerprint density at radius 2 is 1.47 bits per heavy atom. The van der Waals surface area contributed by atoms with Gasteiger partial charge in [-0.05, 0) is 132 Å². The van der Waals surface area contributed by atoms with E-state index in [0.717, 1.165) is 5.56 Å². The fourth-order valence-corrected chi connectivity index (χ4v) is 8.06. The molecular weight excluding hydrogens is 753 g/mol. The zero-order valence-corrected chi connectivity index (χ0v) is 37.8. The number of benzene rings is 1. The van der Waals surface area contributed by atoms with Crippen molar-refractivity contribution in [3.8, 4) is 0 Å².